The summed E-state index contributed by atoms with van der Waals surface area (Å²) < 4.78 is 0. The Morgan fingerprint density at radius 1 is 0.500 bits per heavy atom. The summed E-state index contributed by atoms with van der Waals surface area (Å²) >= 11 is 4.01. The van der Waals surface area contributed by atoms with Gasteiger partial charge in [-0.05, 0) is 65.2 Å². The van der Waals surface area contributed by atoms with Gasteiger partial charge in [0.05, 0.1) is 18.3 Å². The molecule has 0 heterocycles. The molecule has 4 aromatic carbocycles. The summed E-state index contributed by atoms with van der Waals surface area (Å²) in [6, 6.07) is 26.7. The van der Waals surface area contributed by atoms with E-state index in [0.717, 1.165) is 58.2 Å². The molecule has 12 heteroatoms. The molecule has 4 rings (SSSR count). The van der Waals surface area contributed by atoms with Crippen LogP contribution in [-0.4, -0.2) is 42.1 Å². The van der Waals surface area contributed by atoms with Crippen LogP contribution >= 0.6 is 47.0 Å². The molecule has 0 aliphatic carbocycles. The predicted octanol–water partition coefficient (Wildman–Crippen LogP) is 7.36. The third-order valence-corrected chi connectivity index (χ3v) is 10.3. The molecule has 0 saturated carbocycles. The number of aliphatic hydroxyl groups is 3. The lowest BCUT2D eigenvalue weighted by Gasteiger charge is -2.13. The molecule has 0 aliphatic rings. The van der Waals surface area contributed by atoms with Gasteiger partial charge in [0, 0.05) is 51.3 Å². The van der Waals surface area contributed by atoms with Gasteiger partial charge in [-0.15, -0.1) is 0 Å². The highest BCUT2D eigenvalue weighted by Crippen LogP contribution is 2.31. The van der Waals surface area contributed by atoms with Crippen LogP contribution in [0.25, 0.3) is 0 Å². The van der Waals surface area contributed by atoms with E-state index in [2.05, 4.69) is 0 Å². The highest BCUT2D eigenvalue weighted by molar-refractivity contribution is 8.14. The number of carbonyl (C=O) groups excluding carboxylic acids is 5. The monoisotopic (exact) mass is 720 g/mol. The molecule has 8 nitrogen and oxygen atoms in total. The number of thioether (sulfide) groups is 4. The van der Waals surface area contributed by atoms with Crippen LogP contribution in [0, 0.1) is 0 Å². The van der Waals surface area contributed by atoms with E-state index in [0.29, 0.717) is 36.9 Å². The molecule has 3 N–H and O–H groups in total. The third kappa shape index (κ3) is 11.9. The number of carbonyl (C=O) groups is 5. The summed E-state index contributed by atoms with van der Waals surface area (Å²) in [5, 5.41) is 30.9. The van der Waals surface area contributed by atoms with Crippen LogP contribution in [0.2, 0.25) is 0 Å². The molecule has 3 unspecified atom stereocenters. The highest BCUT2D eigenvalue weighted by atomic mass is 32.2. The van der Waals surface area contributed by atoms with Crippen LogP contribution in [-0.2, 0) is 19.2 Å². The second-order valence-electron chi connectivity index (χ2n) is 10.6. The van der Waals surface area contributed by atoms with Crippen LogP contribution in [0.3, 0.4) is 0 Å². The Hall–Kier alpha value is -3.49. The fourth-order valence-electron chi connectivity index (χ4n) is 4.40. The Morgan fingerprint density at radius 3 is 1.04 bits per heavy atom. The molecule has 0 spiro atoms. The van der Waals surface area contributed by atoms with Crippen molar-refractivity contribution < 1.29 is 39.3 Å². The minimum absolute atomic E-state index is 0.0388. The molecule has 0 fully saturated rings. The van der Waals surface area contributed by atoms with E-state index >= 15 is 0 Å². The first-order valence-electron chi connectivity index (χ1n) is 14.7. The Labute approximate surface area is 295 Å². The number of aldehydes is 1. The van der Waals surface area contributed by atoms with E-state index in [1.54, 1.807) is 97.1 Å². The van der Waals surface area contributed by atoms with Crippen molar-refractivity contribution in [1.82, 2.24) is 0 Å². The van der Waals surface area contributed by atoms with Crippen LogP contribution in [0.15, 0.2) is 117 Å². The molecule has 248 valence electrons. The number of benzene rings is 4. The quantitative estimate of drug-likeness (QED) is 0.0883. The fraction of sp³-hybridized carbons (Fsp3) is 0.194. The van der Waals surface area contributed by atoms with E-state index in [4.69, 9.17) is 0 Å². The van der Waals surface area contributed by atoms with Gasteiger partial charge in [-0.25, -0.2) is 0 Å². The molecular weight excluding hydrogens is 689 g/mol. The van der Waals surface area contributed by atoms with E-state index in [-0.39, 0.29) is 39.7 Å². The van der Waals surface area contributed by atoms with Gasteiger partial charge < -0.3 is 15.3 Å². The Morgan fingerprint density at radius 2 is 0.771 bits per heavy atom. The van der Waals surface area contributed by atoms with Crippen molar-refractivity contribution >= 4 is 73.8 Å². The minimum Gasteiger partial charge on any atom is -0.388 e. The second kappa shape index (κ2) is 18.3. The lowest BCUT2D eigenvalue weighted by Crippen LogP contribution is -2.05. The molecule has 0 aliphatic heterocycles. The zero-order valence-electron chi connectivity index (χ0n) is 25.7. The molecule has 0 amide bonds. The van der Waals surface area contributed by atoms with Crippen molar-refractivity contribution in [3.63, 3.8) is 0 Å². The van der Waals surface area contributed by atoms with Gasteiger partial charge in [0.15, 0.2) is 20.5 Å². The standard InChI is InChI=1S/C36H32O8S4/c1-22(38)45-27-12-4-24(5-13-27)31(39)19-35(43)47-29-16-8-26(9-17-29)33(41)20-36(44)48-30-14-6-25(7-15-30)32(40)18-34(42)46-28-10-2-23(21-37)3-11-28/h2-17,21,31-33,39-41H,18-20H2,1H3. The average molecular weight is 721 g/mol. The van der Waals surface area contributed by atoms with Crippen molar-refractivity contribution in [3.8, 4) is 0 Å². The summed E-state index contributed by atoms with van der Waals surface area (Å²) in [5.74, 6) is 0. The third-order valence-electron chi connectivity index (χ3n) is 6.85. The first-order chi connectivity index (χ1) is 23.0. The van der Waals surface area contributed by atoms with Gasteiger partial charge in [0.2, 0.25) is 0 Å². The zero-order chi connectivity index (χ0) is 34.6. The van der Waals surface area contributed by atoms with Crippen LogP contribution < -0.4 is 0 Å². The summed E-state index contributed by atoms with van der Waals surface area (Å²) in [5.41, 5.74) is 2.14. The van der Waals surface area contributed by atoms with E-state index < -0.39 is 18.3 Å². The lowest BCUT2D eigenvalue weighted by molar-refractivity contribution is -0.113. The second-order valence-corrected chi connectivity index (χ2v) is 15.2. The normalized spacial score (nSPS) is 12.9. The predicted molar refractivity (Wildman–Crippen MR) is 189 cm³/mol. The first-order valence-corrected chi connectivity index (χ1v) is 18.0. The van der Waals surface area contributed by atoms with Gasteiger partial charge in [0.25, 0.3) is 0 Å². The van der Waals surface area contributed by atoms with Crippen LogP contribution in [0.5, 0.6) is 0 Å². The van der Waals surface area contributed by atoms with Crippen molar-refractivity contribution in [2.45, 2.75) is 64.1 Å². The zero-order valence-corrected chi connectivity index (χ0v) is 29.0. The molecule has 3 atom stereocenters. The molecule has 0 saturated heterocycles. The fourth-order valence-corrected chi connectivity index (χ4v) is 7.33. The number of rotatable bonds is 14. The molecule has 0 radical (unpaired) electrons. The van der Waals surface area contributed by atoms with Crippen LogP contribution in [0.4, 0.5) is 0 Å². The smallest absolute Gasteiger partial charge is 0.196 e. The topological polar surface area (TPSA) is 146 Å². The van der Waals surface area contributed by atoms with Crippen molar-refractivity contribution in [1.29, 1.82) is 0 Å². The molecule has 48 heavy (non-hydrogen) atoms. The number of aliphatic hydroxyl groups excluding tert-OH is 3. The van der Waals surface area contributed by atoms with Gasteiger partial charge >= 0.3 is 0 Å². The summed E-state index contributed by atoms with van der Waals surface area (Å²) in [7, 11) is 0. The Balaban J connectivity index is 1.20. The Kier molecular flexibility index (Phi) is 14.2. The molecule has 0 bridgehead atoms. The lowest BCUT2D eigenvalue weighted by atomic mass is 10.1. The number of hydrogen-bond acceptors (Lipinski definition) is 12. The van der Waals surface area contributed by atoms with Crippen molar-refractivity contribution in [3.05, 3.63) is 119 Å². The van der Waals surface area contributed by atoms with Crippen molar-refractivity contribution in [2.24, 2.45) is 0 Å². The Bertz CT molecular complexity index is 1720. The maximum Gasteiger partial charge on any atom is 0.196 e. The maximum atomic E-state index is 12.7. The van der Waals surface area contributed by atoms with Gasteiger partial charge in [-0.2, -0.15) is 0 Å². The summed E-state index contributed by atoms with van der Waals surface area (Å²) in [4.78, 5) is 62.3. The van der Waals surface area contributed by atoms with Crippen molar-refractivity contribution in [2.75, 3.05) is 0 Å². The molecular formula is C36H32O8S4. The van der Waals surface area contributed by atoms with Crippen LogP contribution in [0.1, 0.15) is 71.5 Å². The molecule has 0 aromatic heterocycles. The first kappa shape index (κ1) is 37.3. The molecule has 4 aromatic rings. The van der Waals surface area contributed by atoms with Gasteiger partial charge in [0.1, 0.15) is 6.29 Å². The summed E-state index contributed by atoms with van der Waals surface area (Å²) in [6.45, 7) is 1.47. The van der Waals surface area contributed by atoms with E-state index in [1.165, 1.54) is 6.92 Å². The van der Waals surface area contributed by atoms with Gasteiger partial charge in [-0.3, -0.25) is 24.0 Å². The summed E-state index contributed by atoms with van der Waals surface area (Å²) in [6.07, 6.45) is -2.69. The van der Waals surface area contributed by atoms with Gasteiger partial charge in [-0.1, -0.05) is 95.6 Å². The minimum atomic E-state index is -1.05. The van der Waals surface area contributed by atoms with E-state index in [9.17, 15) is 39.3 Å². The largest absolute Gasteiger partial charge is 0.388 e. The average Bonchev–Trinajstić information content (AvgIpc) is 3.05. The van der Waals surface area contributed by atoms with E-state index in [1.807, 2.05) is 0 Å². The highest BCUT2D eigenvalue weighted by Gasteiger charge is 2.18. The maximum absolute atomic E-state index is 12.7. The number of hydrogen-bond donors (Lipinski definition) is 3. The SMILES string of the molecule is CC(=O)Sc1ccc(C(O)CC(=O)Sc2ccc(C(O)CC(=O)Sc3ccc(C(O)CC(=O)Sc4ccc(C=O)cc4)cc3)cc2)cc1.